The van der Waals surface area contributed by atoms with E-state index in [2.05, 4.69) is 40.7 Å². The van der Waals surface area contributed by atoms with E-state index in [0.29, 0.717) is 29.8 Å². The van der Waals surface area contributed by atoms with Gasteiger partial charge in [-0.1, -0.05) is 56.8 Å². The molecule has 0 bridgehead atoms. The smallest absolute Gasteiger partial charge is 0.297 e. The summed E-state index contributed by atoms with van der Waals surface area (Å²) < 4.78 is 13.8. The predicted molar refractivity (Wildman–Crippen MR) is 147 cm³/mol. The molecule has 0 unspecified atom stereocenters. The zero-order valence-electron chi connectivity index (χ0n) is 22.6. The SMILES string of the molecule is CCCCCCn1c(=O)c(OCCCC)c(OC/C=C(\C)CCC=C(C)C)c2ccc([N+](=O)[O-])cc21. The first-order chi connectivity index (χ1) is 17.3. The van der Waals surface area contributed by atoms with Crippen molar-refractivity contribution in [1.29, 1.82) is 0 Å². The van der Waals surface area contributed by atoms with E-state index in [1.54, 1.807) is 10.6 Å². The molecule has 0 N–H and O–H groups in total. The van der Waals surface area contributed by atoms with Crippen molar-refractivity contribution in [2.45, 2.75) is 92.5 Å². The molecule has 36 heavy (non-hydrogen) atoms. The van der Waals surface area contributed by atoms with Crippen LogP contribution in [0.5, 0.6) is 11.5 Å². The highest BCUT2D eigenvalue weighted by Crippen LogP contribution is 2.35. The molecule has 0 aliphatic carbocycles. The average molecular weight is 499 g/mol. The number of nitro groups is 1. The van der Waals surface area contributed by atoms with E-state index in [0.717, 1.165) is 51.4 Å². The Bertz CT molecular complexity index is 1130. The molecule has 1 aromatic carbocycles. The molecule has 0 fully saturated rings. The number of nitrogens with zero attached hydrogens (tertiary/aromatic N) is 2. The summed E-state index contributed by atoms with van der Waals surface area (Å²) in [5.74, 6) is 0.551. The Morgan fingerprint density at radius 2 is 1.75 bits per heavy atom. The zero-order chi connectivity index (χ0) is 26.5. The maximum Gasteiger partial charge on any atom is 0.297 e. The Balaban J connectivity index is 2.51. The molecular formula is C29H42N2O5. The normalized spacial score (nSPS) is 11.5. The highest BCUT2D eigenvalue weighted by molar-refractivity contribution is 5.89. The van der Waals surface area contributed by atoms with Crippen LogP contribution in [0.4, 0.5) is 5.69 Å². The Morgan fingerprint density at radius 3 is 2.42 bits per heavy atom. The number of nitro benzene ring substituents is 1. The van der Waals surface area contributed by atoms with Crippen molar-refractivity contribution in [3.05, 3.63) is 62.0 Å². The van der Waals surface area contributed by atoms with E-state index in [1.165, 1.54) is 23.3 Å². The standard InChI is InChI=1S/C29H42N2O5/c1-6-8-10-11-18-30-26-21-24(31(33)34)15-16-25(26)27(28(29(30)32)35-19-9-7-2)36-20-17-23(5)14-12-13-22(3)4/h13,15-17,21H,6-12,14,18-20H2,1-5H3/b23-17+. The third-order valence-electron chi connectivity index (χ3n) is 6.10. The van der Waals surface area contributed by atoms with Crippen LogP contribution in [0.3, 0.4) is 0 Å². The van der Waals surface area contributed by atoms with Crippen molar-refractivity contribution in [1.82, 2.24) is 4.57 Å². The summed E-state index contributed by atoms with van der Waals surface area (Å²) in [5, 5.41) is 12.1. The van der Waals surface area contributed by atoms with E-state index in [1.807, 2.05) is 6.08 Å². The molecule has 0 aliphatic rings. The molecule has 0 spiro atoms. The Kier molecular flexibility index (Phi) is 12.2. The quantitative estimate of drug-likeness (QED) is 0.102. The second-order valence-corrected chi connectivity index (χ2v) is 9.52. The lowest BCUT2D eigenvalue weighted by Crippen LogP contribution is -2.24. The Labute approximate surface area is 215 Å². The van der Waals surface area contributed by atoms with E-state index in [9.17, 15) is 14.9 Å². The van der Waals surface area contributed by atoms with Crippen LogP contribution < -0.4 is 15.0 Å². The Morgan fingerprint density at radius 1 is 1.00 bits per heavy atom. The number of non-ortho nitro benzene ring substituents is 1. The minimum Gasteiger partial charge on any atom is -0.485 e. The lowest BCUT2D eigenvalue weighted by Gasteiger charge is -2.18. The number of unbranched alkanes of at least 4 members (excludes halogenated alkanes) is 4. The largest absolute Gasteiger partial charge is 0.485 e. The number of aryl methyl sites for hydroxylation is 1. The minimum atomic E-state index is -0.434. The first-order valence-electron chi connectivity index (χ1n) is 13.2. The second-order valence-electron chi connectivity index (χ2n) is 9.52. The molecule has 0 saturated carbocycles. The van der Waals surface area contributed by atoms with E-state index >= 15 is 0 Å². The van der Waals surface area contributed by atoms with E-state index < -0.39 is 4.92 Å². The molecule has 0 amide bonds. The maximum absolute atomic E-state index is 13.6. The van der Waals surface area contributed by atoms with E-state index in [-0.39, 0.29) is 23.6 Å². The molecule has 2 aromatic rings. The molecule has 0 saturated heterocycles. The third-order valence-corrected chi connectivity index (χ3v) is 6.10. The van der Waals surface area contributed by atoms with Gasteiger partial charge in [0, 0.05) is 24.1 Å². The molecule has 2 rings (SSSR count). The molecular weight excluding hydrogens is 456 g/mol. The number of rotatable bonds is 16. The highest BCUT2D eigenvalue weighted by Gasteiger charge is 2.21. The summed E-state index contributed by atoms with van der Waals surface area (Å²) in [6.07, 6.45) is 11.8. The summed E-state index contributed by atoms with van der Waals surface area (Å²) in [4.78, 5) is 24.7. The summed E-state index contributed by atoms with van der Waals surface area (Å²) >= 11 is 0. The lowest BCUT2D eigenvalue weighted by molar-refractivity contribution is -0.384. The zero-order valence-corrected chi connectivity index (χ0v) is 22.6. The topological polar surface area (TPSA) is 83.6 Å². The summed E-state index contributed by atoms with van der Waals surface area (Å²) in [6, 6.07) is 4.60. The van der Waals surface area contributed by atoms with Crippen molar-refractivity contribution < 1.29 is 14.4 Å². The number of benzene rings is 1. The molecule has 0 atom stereocenters. The fourth-order valence-corrected chi connectivity index (χ4v) is 3.97. The van der Waals surface area contributed by atoms with E-state index in [4.69, 9.17) is 9.47 Å². The number of hydrogen-bond donors (Lipinski definition) is 0. The number of allylic oxidation sites excluding steroid dienone is 3. The van der Waals surface area contributed by atoms with Crippen LogP contribution in [0, 0.1) is 10.1 Å². The van der Waals surface area contributed by atoms with Crippen LogP contribution in [0.1, 0.15) is 86.0 Å². The van der Waals surface area contributed by atoms with Crippen LogP contribution in [-0.4, -0.2) is 22.7 Å². The van der Waals surface area contributed by atoms with Gasteiger partial charge in [0.1, 0.15) is 6.61 Å². The number of aromatic nitrogens is 1. The van der Waals surface area contributed by atoms with Gasteiger partial charge in [-0.05, 0) is 58.6 Å². The van der Waals surface area contributed by atoms with Gasteiger partial charge >= 0.3 is 0 Å². The molecule has 7 heteroatoms. The van der Waals surface area contributed by atoms with Crippen LogP contribution in [-0.2, 0) is 6.54 Å². The minimum absolute atomic E-state index is 0.0511. The Hall–Kier alpha value is -3.09. The molecule has 0 radical (unpaired) electrons. The monoisotopic (exact) mass is 498 g/mol. The molecule has 198 valence electrons. The average Bonchev–Trinajstić information content (AvgIpc) is 2.84. The van der Waals surface area contributed by atoms with Crippen LogP contribution >= 0.6 is 0 Å². The molecule has 1 heterocycles. The van der Waals surface area contributed by atoms with Crippen LogP contribution in [0.2, 0.25) is 0 Å². The predicted octanol–water partition coefficient (Wildman–Crippen LogP) is 7.74. The van der Waals surface area contributed by atoms with Crippen molar-refractivity contribution in [3.63, 3.8) is 0 Å². The molecule has 1 aromatic heterocycles. The third kappa shape index (κ3) is 8.54. The number of pyridine rings is 1. The van der Waals surface area contributed by atoms with Crippen molar-refractivity contribution in [3.8, 4) is 11.5 Å². The highest BCUT2D eigenvalue weighted by atomic mass is 16.6. The summed E-state index contributed by atoms with van der Waals surface area (Å²) in [6.45, 7) is 11.6. The van der Waals surface area contributed by atoms with Gasteiger partial charge in [-0.3, -0.25) is 14.9 Å². The fourth-order valence-electron chi connectivity index (χ4n) is 3.97. The maximum atomic E-state index is 13.6. The first kappa shape index (κ1) is 29.1. The molecule has 7 nitrogen and oxygen atoms in total. The van der Waals surface area contributed by atoms with Gasteiger partial charge in [-0.15, -0.1) is 0 Å². The van der Waals surface area contributed by atoms with Crippen LogP contribution in [0.25, 0.3) is 10.9 Å². The number of ether oxygens (including phenoxy) is 2. The fraction of sp³-hybridized carbons (Fsp3) is 0.552. The van der Waals surface area contributed by atoms with Gasteiger partial charge < -0.3 is 14.0 Å². The van der Waals surface area contributed by atoms with Crippen molar-refractivity contribution in [2.75, 3.05) is 13.2 Å². The van der Waals surface area contributed by atoms with Gasteiger partial charge in [-0.25, -0.2) is 0 Å². The molecule has 0 aliphatic heterocycles. The lowest BCUT2D eigenvalue weighted by atomic mass is 10.1. The van der Waals surface area contributed by atoms with Gasteiger partial charge in [0.25, 0.3) is 11.2 Å². The second kappa shape index (κ2) is 15.1. The summed E-state index contributed by atoms with van der Waals surface area (Å²) in [7, 11) is 0. The summed E-state index contributed by atoms with van der Waals surface area (Å²) in [5.41, 5.74) is 2.65. The van der Waals surface area contributed by atoms with Gasteiger partial charge in [-0.2, -0.15) is 0 Å². The van der Waals surface area contributed by atoms with Gasteiger partial charge in [0.2, 0.25) is 5.75 Å². The number of hydrogen-bond acceptors (Lipinski definition) is 5. The van der Waals surface area contributed by atoms with Crippen molar-refractivity contribution in [2.24, 2.45) is 0 Å². The first-order valence-corrected chi connectivity index (χ1v) is 13.2. The van der Waals surface area contributed by atoms with Gasteiger partial charge in [0.05, 0.1) is 17.0 Å². The van der Waals surface area contributed by atoms with Crippen LogP contribution in [0.15, 0.2) is 46.3 Å². The van der Waals surface area contributed by atoms with Gasteiger partial charge in [0.15, 0.2) is 5.75 Å². The number of fused-ring (bicyclic) bond motifs is 1. The van der Waals surface area contributed by atoms with Crippen molar-refractivity contribution >= 4 is 16.6 Å².